The van der Waals surface area contributed by atoms with Crippen LogP contribution in [-0.2, 0) is 16.2 Å². The number of anilines is 1. The Morgan fingerprint density at radius 1 is 0.939 bits per heavy atom. The van der Waals surface area contributed by atoms with Crippen LogP contribution in [0.5, 0.6) is 5.75 Å². The lowest BCUT2D eigenvalue weighted by molar-refractivity contribution is -0.122. The maximum Gasteiger partial charge on any atom is 0.336 e. The number of barbiturate groups is 1. The summed E-state index contributed by atoms with van der Waals surface area (Å²) in [4.78, 5) is 38.3. The van der Waals surface area contributed by atoms with Crippen LogP contribution in [-0.4, -0.2) is 17.8 Å². The van der Waals surface area contributed by atoms with Gasteiger partial charge in [-0.15, -0.1) is 0 Å². The van der Waals surface area contributed by atoms with E-state index in [4.69, 9.17) is 27.9 Å². The molecule has 0 atom stereocenters. The lowest BCUT2D eigenvalue weighted by Crippen LogP contribution is -2.54. The Bertz CT molecular complexity index is 1310. The number of halogens is 3. The lowest BCUT2D eigenvalue weighted by Gasteiger charge is -2.26. The first-order valence-electron chi connectivity index (χ1n) is 9.67. The Morgan fingerprint density at radius 2 is 1.67 bits per heavy atom. The largest absolute Gasteiger partial charge is 0.488 e. The van der Waals surface area contributed by atoms with Gasteiger partial charge in [-0.1, -0.05) is 59.6 Å². The highest BCUT2D eigenvalue weighted by Gasteiger charge is 2.38. The second-order valence-electron chi connectivity index (χ2n) is 6.98. The van der Waals surface area contributed by atoms with Gasteiger partial charge in [0.05, 0.1) is 15.7 Å². The summed E-state index contributed by atoms with van der Waals surface area (Å²) in [6.07, 6.45) is 1.29. The summed E-state index contributed by atoms with van der Waals surface area (Å²) < 4.78 is 20.1. The van der Waals surface area contributed by atoms with Gasteiger partial charge in [0, 0.05) is 5.56 Å². The minimum absolute atomic E-state index is 0.150. The summed E-state index contributed by atoms with van der Waals surface area (Å²) in [5, 5.41) is 2.87. The molecule has 4 rings (SSSR count). The number of urea groups is 1. The Morgan fingerprint density at radius 3 is 2.42 bits per heavy atom. The number of hydrogen-bond donors (Lipinski definition) is 1. The smallest absolute Gasteiger partial charge is 0.336 e. The van der Waals surface area contributed by atoms with Crippen LogP contribution >= 0.6 is 23.2 Å². The molecule has 4 amide bonds. The van der Waals surface area contributed by atoms with E-state index in [0.717, 1.165) is 11.6 Å². The molecule has 0 bridgehead atoms. The summed E-state index contributed by atoms with van der Waals surface area (Å²) >= 11 is 12.0. The highest BCUT2D eigenvalue weighted by atomic mass is 35.5. The molecular weight excluding hydrogens is 470 g/mol. The maximum atomic E-state index is 14.2. The van der Waals surface area contributed by atoms with Crippen LogP contribution in [0.15, 0.2) is 72.3 Å². The van der Waals surface area contributed by atoms with Crippen LogP contribution < -0.4 is 15.0 Å². The number of para-hydroxylation sites is 2. The summed E-state index contributed by atoms with van der Waals surface area (Å²) in [6.45, 7) is 0.150. The minimum atomic E-state index is -1.03. The number of hydrogen-bond acceptors (Lipinski definition) is 4. The molecule has 1 saturated heterocycles. The third-order valence-electron chi connectivity index (χ3n) is 4.79. The van der Waals surface area contributed by atoms with E-state index in [1.807, 2.05) is 0 Å². The number of imide groups is 2. The van der Waals surface area contributed by atoms with Gasteiger partial charge in [-0.2, -0.15) is 0 Å². The Hall–Kier alpha value is -3.68. The molecule has 1 heterocycles. The lowest BCUT2D eigenvalue weighted by atomic mass is 10.1. The molecule has 166 valence electrons. The van der Waals surface area contributed by atoms with Crippen molar-refractivity contribution in [3.8, 4) is 5.75 Å². The van der Waals surface area contributed by atoms with Gasteiger partial charge in [0.25, 0.3) is 11.8 Å². The topological polar surface area (TPSA) is 75.7 Å². The molecule has 0 aromatic heterocycles. The third kappa shape index (κ3) is 4.74. The molecule has 1 fully saturated rings. The molecule has 9 heteroatoms. The fourth-order valence-corrected chi connectivity index (χ4v) is 3.51. The molecule has 33 heavy (non-hydrogen) atoms. The summed E-state index contributed by atoms with van der Waals surface area (Å²) in [5.74, 6) is -2.24. The predicted molar refractivity (Wildman–Crippen MR) is 123 cm³/mol. The van der Waals surface area contributed by atoms with Crippen molar-refractivity contribution in [3.05, 3.63) is 99.3 Å². The monoisotopic (exact) mass is 484 g/mol. The molecule has 0 unspecified atom stereocenters. The van der Waals surface area contributed by atoms with E-state index < -0.39 is 23.7 Å². The first-order chi connectivity index (χ1) is 15.8. The quantitative estimate of drug-likeness (QED) is 0.389. The Labute approximate surface area is 198 Å². The standard InChI is InChI=1S/C24H15Cl2FN2O4/c25-17-10-9-14(11-18(17)26)13-33-21-8-4-1-5-15(21)12-16-22(30)28-24(32)29(23(16)31)20-7-3-2-6-19(20)27/h1-12H,13H2,(H,28,30,32)/b16-12-. The van der Waals surface area contributed by atoms with Crippen molar-refractivity contribution in [2.24, 2.45) is 0 Å². The Balaban J connectivity index is 1.64. The fraction of sp³-hybridized carbons (Fsp3) is 0.0417. The normalized spacial score (nSPS) is 15.1. The second kappa shape index (κ2) is 9.44. The van der Waals surface area contributed by atoms with Gasteiger partial charge in [0.15, 0.2) is 0 Å². The van der Waals surface area contributed by atoms with Crippen LogP contribution in [0.4, 0.5) is 14.9 Å². The average Bonchev–Trinajstić information content (AvgIpc) is 2.79. The summed E-state index contributed by atoms with van der Waals surface area (Å²) in [6, 6.07) is 16.1. The molecule has 3 aromatic carbocycles. The van der Waals surface area contributed by atoms with Crippen molar-refractivity contribution in [2.45, 2.75) is 6.61 Å². The summed E-state index contributed by atoms with van der Waals surface area (Å²) in [5.41, 5.74) is 0.569. The van der Waals surface area contributed by atoms with Crippen molar-refractivity contribution in [1.29, 1.82) is 0 Å². The molecule has 1 aliphatic heterocycles. The number of carbonyl (C=O) groups excluding carboxylic acids is 3. The molecule has 6 nitrogen and oxygen atoms in total. The molecule has 0 saturated carbocycles. The molecule has 1 aliphatic rings. The van der Waals surface area contributed by atoms with Crippen LogP contribution in [0.25, 0.3) is 6.08 Å². The van der Waals surface area contributed by atoms with Gasteiger partial charge in [-0.3, -0.25) is 14.9 Å². The number of nitrogens with one attached hydrogen (secondary N) is 1. The van der Waals surface area contributed by atoms with E-state index >= 15 is 0 Å². The van der Waals surface area contributed by atoms with E-state index in [1.54, 1.807) is 42.5 Å². The zero-order valence-electron chi connectivity index (χ0n) is 16.8. The van der Waals surface area contributed by atoms with Crippen LogP contribution in [0.3, 0.4) is 0 Å². The van der Waals surface area contributed by atoms with E-state index in [-0.39, 0.29) is 17.9 Å². The van der Waals surface area contributed by atoms with E-state index in [2.05, 4.69) is 5.32 Å². The molecule has 1 N–H and O–H groups in total. The minimum Gasteiger partial charge on any atom is -0.488 e. The van der Waals surface area contributed by atoms with E-state index in [9.17, 15) is 18.8 Å². The van der Waals surface area contributed by atoms with Crippen LogP contribution in [0.1, 0.15) is 11.1 Å². The Kier molecular flexibility index (Phi) is 6.44. The van der Waals surface area contributed by atoms with Gasteiger partial charge in [-0.25, -0.2) is 14.1 Å². The SMILES string of the molecule is O=C1NC(=O)N(c2ccccc2F)C(=O)/C1=C\c1ccccc1OCc1ccc(Cl)c(Cl)c1. The van der Waals surface area contributed by atoms with Gasteiger partial charge in [-0.05, 0) is 42.0 Å². The van der Waals surface area contributed by atoms with Gasteiger partial charge >= 0.3 is 6.03 Å². The number of carbonyl (C=O) groups is 3. The van der Waals surface area contributed by atoms with Crippen molar-refractivity contribution >= 4 is 52.8 Å². The van der Waals surface area contributed by atoms with E-state index in [0.29, 0.717) is 26.3 Å². The highest BCUT2D eigenvalue weighted by molar-refractivity contribution is 6.42. The fourth-order valence-electron chi connectivity index (χ4n) is 3.19. The van der Waals surface area contributed by atoms with Crippen molar-refractivity contribution in [1.82, 2.24) is 5.32 Å². The first-order valence-corrected chi connectivity index (χ1v) is 10.4. The maximum absolute atomic E-state index is 14.2. The van der Waals surface area contributed by atoms with Crippen LogP contribution in [0, 0.1) is 5.82 Å². The van der Waals surface area contributed by atoms with Gasteiger partial charge in [0.2, 0.25) is 0 Å². The third-order valence-corrected chi connectivity index (χ3v) is 5.53. The first kappa shape index (κ1) is 22.5. The number of ether oxygens (including phenoxy) is 1. The number of nitrogens with zero attached hydrogens (tertiary/aromatic N) is 1. The van der Waals surface area contributed by atoms with Gasteiger partial charge in [0.1, 0.15) is 23.7 Å². The number of benzene rings is 3. The summed E-state index contributed by atoms with van der Waals surface area (Å²) in [7, 11) is 0. The molecule has 0 spiro atoms. The second-order valence-corrected chi connectivity index (χ2v) is 7.80. The van der Waals surface area contributed by atoms with Crippen molar-refractivity contribution < 1.29 is 23.5 Å². The predicted octanol–water partition coefficient (Wildman–Crippen LogP) is 5.38. The number of rotatable bonds is 5. The average molecular weight is 485 g/mol. The zero-order chi connectivity index (χ0) is 23.5. The molecule has 0 radical (unpaired) electrons. The highest BCUT2D eigenvalue weighted by Crippen LogP contribution is 2.28. The van der Waals surface area contributed by atoms with Gasteiger partial charge < -0.3 is 4.74 Å². The zero-order valence-corrected chi connectivity index (χ0v) is 18.4. The van der Waals surface area contributed by atoms with Crippen LogP contribution in [0.2, 0.25) is 10.0 Å². The molecule has 3 aromatic rings. The molecule has 0 aliphatic carbocycles. The number of amides is 4. The van der Waals surface area contributed by atoms with Crippen molar-refractivity contribution in [2.75, 3.05) is 4.90 Å². The van der Waals surface area contributed by atoms with E-state index in [1.165, 1.54) is 24.3 Å². The molecular formula is C24H15Cl2FN2O4. The van der Waals surface area contributed by atoms with Crippen molar-refractivity contribution in [3.63, 3.8) is 0 Å².